The maximum absolute atomic E-state index is 12.6. The van der Waals surface area contributed by atoms with Gasteiger partial charge in [-0.2, -0.15) is 8.78 Å². The number of nitrogens with one attached hydrogen (secondary N) is 2. The van der Waals surface area contributed by atoms with E-state index in [2.05, 4.69) is 15.8 Å². The Bertz CT molecular complexity index is 975. The summed E-state index contributed by atoms with van der Waals surface area (Å²) in [6, 6.07) is 9.91. The molecule has 0 aliphatic heterocycles. The lowest BCUT2D eigenvalue weighted by atomic mass is 10.1. The van der Waals surface area contributed by atoms with E-state index >= 15 is 0 Å². The summed E-state index contributed by atoms with van der Waals surface area (Å²) in [6.07, 6.45) is 1.30. The number of thioether (sulfide) groups is 1. The summed E-state index contributed by atoms with van der Waals surface area (Å²) < 4.78 is 30.6. The summed E-state index contributed by atoms with van der Waals surface area (Å²) in [5.41, 5.74) is 5.51. The lowest BCUT2D eigenvalue weighted by Crippen LogP contribution is -2.42. The number of hydrogen-bond donors (Lipinski definition) is 2. The normalized spacial score (nSPS) is 10.9. The van der Waals surface area contributed by atoms with Crippen molar-refractivity contribution in [3.63, 3.8) is 0 Å². The zero-order valence-corrected chi connectivity index (χ0v) is 14.3. The van der Waals surface area contributed by atoms with Crippen LogP contribution in [0.25, 0.3) is 11.0 Å². The molecule has 134 valence electrons. The third-order valence-corrected chi connectivity index (χ3v) is 4.28. The molecular weight excluding hydrogens is 364 g/mol. The molecule has 9 heteroatoms. The van der Waals surface area contributed by atoms with Gasteiger partial charge in [-0.25, -0.2) is 4.98 Å². The first kappa shape index (κ1) is 17.9. The number of hydrazine groups is 1. The number of aryl methyl sites for hydroxylation is 1. The van der Waals surface area contributed by atoms with Crippen molar-refractivity contribution in [1.29, 1.82) is 0 Å². The fraction of sp³-hybridized carbons (Fsp3) is 0.118. The highest BCUT2D eigenvalue weighted by Gasteiger charge is 2.20. The van der Waals surface area contributed by atoms with E-state index in [9.17, 15) is 18.4 Å². The van der Waals surface area contributed by atoms with E-state index < -0.39 is 17.6 Å². The molecule has 0 bridgehead atoms. The van der Waals surface area contributed by atoms with E-state index in [1.165, 1.54) is 18.3 Å². The molecule has 2 heterocycles. The SMILES string of the molecule is Cc1c(C(=O)NNC(=O)c2cccnc2SC(F)F)oc2ccccc12. The Morgan fingerprint density at radius 1 is 1.12 bits per heavy atom. The Kier molecular flexibility index (Phi) is 5.17. The van der Waals surface area contributed by atoms with Gasteiger partial charge in [0.2, 0.25) is 0 Å². The molecule has 2 N–H and O–H groups in total. The van der Waals surface area contributed by atoms with Gasteiger partial charge in [-0.1, -0.05) is 18.2 Å². The van der Waals surface area contributed by atoms with Gasteiger partial charge >= 0.3 is 5.91 Å². The first-order valence-corrected chi connectivity index (χ1v) is 8.34. The number of furan rings is 1. The number of hydrogen-bond acceptors (Lipinski definition) is 5. The number of aromatic nitrogens is 1. The van der Waals surface area contributed by atoms with Gasteiger partial charge in [0.15, 0.2) is 5.76 Å². The van der Waals surface area contributed by atoms with E-state index in [0.29, 0.717) is 11.1 Å². The van der Waals surface area contributed by atoms with E-state index in [0.717, 1.165) is 5.39 Å². The molecule has 2 amide bonds. The number of nitrogens with zero attached hydrogens (tertiary/aromatic N) is 1. The van der Waals surface area contributed by atoms with Crippen LogP contribution in [0, 0.1) is 6.92 Å². The van der Waals surface area contributed by atoms with Crippen molar-refractivity contribution in [3.8, 4) is 0 Å². The molecule has 6 nitrogen and oxygen atoms in total. The van der Waals surface area contributed by atoms with Gasteiger partial charge in [0.1, 0.15) is 10.6 Å². The number of para-hydroxylation sites is 1. The summed E-state index contributed by atoms with van der Waals surface area (Å²) in [5.74, 6) is -4.08. The molecule has 0 radical (unpaired) electrons. The maximum Gasteiger partial charge on any atom is 0.305 e. The van der Waals surface area contributed by atoms with Crippen LogP contribution in [0.2, 0.25) is 0 Å². The number of pyridine rings is 1. The Labute approximate surface area is 150 Å². The number of benzene rings is 1. The number of amides is 2. The maximum atomic E-state index is 12.6. The van der Waals surface area contributed by atoms with E-state index in [1.54, 1.807) is 19.1 Å². The van der Waals surface area contributed by atoms with Crippen molar-refractivity contribution in [2.24, 2.45) is 0 Å². The molecule has 0 fully saturated rings. The average Bonchev–Trinajstić information content (AvgIpc) is 2.96. The van der Waals surface area contributed by atoms with Crippen LogP contribution in [0.3, 0.4) is 0 Å². The predicted octanol–water partition coefficient (Wildman–Crippen LogP) is 3.53. The molecule has 0 saturated heterocycles. The van der Waals surface area contributed by atoms with Crippen LogP contribution in [0.4, 0.5) is 8.78 Å². The van der Waals surface area contributed by atoms with Gasteiger partial charge in [0.25, 0.3) is 11.7 Å². The fourth-order valence-electron chi connectivity index (χ4n) is 2.37. The molecule has 0 aliphatic carbocycles. The molecule has 3 aromatic rings. The minimum absolute atomic E-state index is 0.0554. The van der Waals surface area contributed by atoms with Gasteiger partial charge in [0.05, 0.1) is 5.56 Å². The molecule has 2 aromatic heterocycles. The number of carbonyl (C=O) groups is 2. The minimum atomic E-state index is -2.72. The molecule has 0 aliphatic rings. The minimum Gasteiger partial charge on any atom is -0.451 e. The van der Waals surface area contributed by atoms with Crippen molar-refractivity contribution in [1.82, 2.24) is 15.8 Å². The first-order chi connectivity index (χ1) is 12.5. The number of carbonyl (C=O) groups excluding carboxylic acids is 2. The quantitative estimate of drug-likeness (QED) is 0.537. The summed E-state index contributed by atoms with van der Waals surface area (Å²) in [5, 5.41) is 0.654. The lowest BCUT2D eigenvalue weighted by molar-refractivity contribution is 0.0829. The molecule has 0 unspecified atom stereocenters. The zero-order valence-electron chi connectivity index (χ0n) is 13.5. The molecule has 0 atom stereocenters. The predicted molar refractivity (Wildman–Crippen MR) is 92.0 cm³/mol. The van der Waals surface area contributed by atoms with Crippen LogP contribution in [0.15, 0.2) is 52.0 Å². The molecule has 3 rings (SSSR count). The largest absolute Gasteiger partial charge is 0.451 e. The van der Waals surface area contributed by atoms with Crippen molar-refractivity contribution in [2.45, 2.75) is 17.7 Å². The van der Waals surface area contributed by atoms with Crippen LogP contribution in [-0.4, -0.2) is 22.6 Å². The van der Waals surface area contributed by atoms with Crippen molar-refractivity contribution >= 4 is 34.5 Å². The monoisotopic (exact) mass is 377 g/mol. The molecule has 0 spiro atoms. The van der Waals surface area contributed by atoms with Crippen LogP contribution >= 0.6 is 11.8 Å². The Balaban J connectivity index is 1.73. The van der Waals surface area contributed by atoms with Gasteiger partial charge in [-0.05, 0) is 36.9 Å². The Morgan fingerprint density at radius 3 is 2.58 bits per heavy atom. The van der Waals surface area contributed by atoms with Crippen molar-refractivity contribution < 1.29 is 22.8 Å². The lowest BCUT2D eigenvalue weighted by Gasteiger charge is -2.09. The second-order valence-electron chi connectivity index (χ2n) is 5.20. The highest BCUT2D eigenvalue weighted by molar-refractivity contribution is 7.99. The van der Waals surface area contributed by atoms with E-state index in [1.807, 2.05) is 12.1 Å². The highest BCUT2D eigenvalue weighted by atomic mass is 32.2. The Hall–Kier alpha value is -2.94. The summed E-state index contributed by atoms with van der Waals surface area (Å²) >= 11 is 0.153. The number of rotatable bonds is 4. The van der Waals surface area contributed by atoms with Crippen LogP contribution in [0.5, 0.6) is 0 Å². The number of fused-ring (bicyclic) bond motifs is 1. The van der Waals surface area contributed by atoms with Crippen LogP contribution in [-0.2, 0) is 0 Å². The van der Waals surface area contributed by atoms with Crippen molar-refractivity contribution in [3.05, 3.63) is 59.5 Å². The third kappa shape index (κ3) is 3.67. The molecule has 1 aromatic carbocycles. The topological polar surface area (TPSA) is 84.2 Å². The standard InChI is InChI=1S/C17H13F2N3O3S/c1-9-10-5-2-3-7-12(10)25-13(9)15(24)22-21-14(23)11-6-4-8-20-16(11)26-17(18)19/h2-8,17H,1H3,(H,21,23)(H,22,24). The number of alkyl halides is 2. The molecule has 0 saturated carbocycles. The van der Waals surface area contributed by atoms with Gasteiger partial charge in [-0.3, -0.25) is 20.4 Å². The van der Waals surface area contributed by atoms with E-state index in [-0.39, 0.29) is 28.1 Å². The van der Waals surface area contributed by atoms with Gasteiger partial charge in [0, 0.05) is 17.1 Å². The second kappa shape index (κ2) is 7.52. The highest BCUT2D eigenvalue weighted by Crippen LogP contribution is 2.26. The molecule has 26 heavy (non-hydrogen) atoms. The van der Waals surface area contributed by atoms with Gasteiger partial charge < -0.3 is 4.42 Å². The first-order valence-electron chi connectivity index (χ1n) is 7.46. The van der Waals surface area contributed by atoms with Crippen molar-refractivity contribution in [2.75, 3.05) is 0 Å². The zero-order chi connectivity index (χ0) is 18.7. The van der Waals surface area contributed by atoms with E-state index in [4.69, 9.17) is 4.42 Å². The van der Waals surface area contributed by atoms with Crippen LogP contribution in [0.1, 0.15) is 26.5 Å². The Morgan fingerprint density at radius 2 is 1.85 bits per heavy atom. The third-order valence-electron chi connectivity index (χ3n) is 3.56. The van der Waals surface area contributed by atoms with Crippen LogP contribution < -0.4 is 10.9 Å². The summed E-state index contributed by atoms with van der Waals surface area (Å²) in [4.78, 5) is 28.2. The fourth-order valence-corrected chi connectivity index (χ4v) is 2.95. The summed E-state index contributed by atoms with van der Waals surface area (Å²) in [6.45, 7) is 1.72. The van der Waals surface area contributed by atoms with Gasteiger partial charge in [-0.15, -0.1) is 0 Å². The second-order valence-corrected chi connectivity index (χ2v) is 6.17. The average molecular weight is 377 g/mol. The smallest absolute Gasteiger partial charge is 0.305 e. The summed E-state index contributed by atoms with van der Waals surface area (Å²) in [7, 11) is 0. The number of halogens is 2. The molecular formula is C17H13F2N3O3S.